The predicted molar refractivity (Wildman–Crippen MR) is 133 cm³/mol. The van der Waals surface area contributed by atoms with E-state index in [0.717, 1.165) is 47.9 Å². The number of carbonyl (C=O) groups excluding carboxylic acids is 2. The Bertz CT molecular complexity index is 1020. The van der Waals surface area contributed by atoms with Crippen molar-refractivity contribution in [1.29, 1.82) is 0 Å². The molecule has 186 valence electrons. The Kier molecular flexibility index (Phi) is 8.06. The van der Waals surface area contributed by atoms with Crippen molar-refractivity contribution >= 4 is 18.0 Å². The van der Waals surface area contributed by atoms with E-state index in [1.165, 1.54) is 6.42 Å². The molecule has 0 aromatic heterocycles. The molecule has 2 aromatic rings. The number of amides is 2. The van der Waals surface area contributed by atoms with Gasteiger partial charge in [-0.15, -0.1) is 0 Å². The largest absolute Gasteiger partial charge is 0.481 e. The van der Waals surface area contributed by atoms with Crippen molar-refractivity contribution in [2.75, 3.05) is 6.61 Å². The number of hydrogen-bond acceptors (Lipinski definition) is 4. The zero-order chi connectivity index (χ0) is 24.8. The molecule has 2 aliphatic carbocycles. The third-order valence-electron chi connectivity index (χ3n) is 7.33. The summed E-state index contributed by atoms with van der Waals surface area (Å²) in [5.41, 5.74) is 4.46. The molecule has 2 unspecified atom stereocenters. The lowest BCUT2D eigenvalue weighted by Gasteiger charge is -2.29. The van der Waals surface area contributed by atoms with Crippen molar-refractivity contribution in [2.45, 2.75) is 69.9 Å². The molecule has 0 spiro atoms. The third-order valence-corrected chi connectivity index (χ3v) is 7.33. The number of hydrogen-bond donors (Lipinski definition) is 3. The number of nitrogens with one attached hydrogen (secondary N) is 2. The van der Waals surface area contributed by atoms with Gasteiger partial charge in [0.1, 0.15) is 12.6 Å². The lowest BCUT2D eigenvalue weighted by atomic mass is 9.84. The average molecular weight is 479 g/mol. The zero-order valence-electron chi connectivity index (χ0n) is 20.2. The van der Waals surface area contributed by atoms with Gasteiger partial charge in [0.05, 0.1) is 0 Å². The second-order valence-electron chi connectivity index (χ2n) is 9.65. The Hall–Kier alpha value is -3.35. The maximum atomic E-state index is 13.0. The first-order chi connectivity index (χ1) is 16.9. The molecule has 35 heavy (non-hydrogen) atoms. The SMILES string of the molecule is CC(NC(=O)C(CCC(=O)O)NC(=O)OCC1c2ccccc2-c2ccccc21)C1CCCCC1. The highest BCUT2D eigenvalue weighted by molar-refractivity contribution is 5.86. The van der Waals surface area contributed by atoms with Gasteiger partial charge in [-0.2, -0.15) is 0 Å². The van der Waals surface area contributed by atoms with Gasteiger partial charge in [0.15, 0.2) is 0 Å². The fraction of sp³-hybridized carbons (Fsp3) is 0.464. The van der Waals surface area contributed by atoms with E-state index >= 15 is 0 Å². The minimum Gasteiger partial charge on any atom is -0.481 e. The van der Waals surface area contributed by atoms with Gasteiger partial charge >= 0.3 is 12.1 Å². The molecule has 0 aliphatic heterocycles. The van der Waals surface area contributed by atoms with Crippen LogP contribution in [0.2, 0.25) is 0 Å². The lowest BCUT2D eigenvalue weighted by molar-refractivity contribution is -0.137. The minimum atomic E-state index is -1.02. The zero-order valence-corrected chi connectivity index (χ0v) is 20.2. The number of benzene rings is 2. The molecule has 7 heteroatoms. The van der Waals surface area contributed by atoms with E-state index in [1.807, 2.05) is 43.3 Å². The molecule has 2 amide bonds. The second-order valence-corrected chi connectivity index (χ2v) is 9.65. The second kappa shape index (κ2) is 11.4. The summed E-state index contributed by atoms with van der Waals surface area (Å²) in [4.78, 5) is 36.8. The Balaban J connectivity index is 1.38. The molecule has 1 fully saturated rings. The molecule has 0 bridgehead atoms. The molecule has 2 aromatic carbocycles. The highest BCUT2D eigenvalue weighted by Gasteiger charge is 2.30. The van der Waals surface area contributed by atoms with Crippen molar-refractivity contribution in [3.8, 4) is 11.1 Å². The van der Waals surface area contributed by atoms with Gasteiger partial charge in [0.2, 0.25) is 5.91 Å². The monoisotopic (exact) mass is 478 g/mol. The first kappa shape index (κ1) is 24.8. The standard InChI is InChI=1S/C28H34N2O5/c1-18(19-9-3-2-4-10-19)29-27(33)25(15-16-26(31)32)30-28(34)35-17-24-22-13-7-5-11-20(22)21-12-6-8-14-23(21)24/h5-8,11-14,18-19,24-25H,2-4,9-10,15-17H2,1H3,(H,29,33)(H,30,34)(H,31,32). The number of carbonyl (C=O) groups is 3. The van der Waals surface area contributed by atoms with E-state index in [4.69, 9.17) is 9.84 Å². The summed E-state index contributed by atoms with van der Waals surface area (Å²) < 4.78 is 5.57. The van der Waals surface area contributed by atoms with Crippen molar-refractivity contribution in [1.82, 2.24) is 10.6 Å². The maximum Gasteiger partial charge on any atom is 0.407 e. The molecular formula is C28H34N2O5. The summed E-state index contributed by atoms with van der Waals surface area (Å²) in [5, 5.41) is 14.7. The first-order valence-electron chi connectivity index (χ1n) is 12.6. The molecule has 1 saturated carbocycles. The van der Waals surface area contributed by atoms with Gasteiger partial charge in [-0.25, -0.2) is 4.79 Å². The van der Waals surface area contributed by atoms with Crippen LogP contribution in [0.15, 0.2) is 48.5 Å². The topological polar surface area (TPSA) is 105 Å². The summed E-state index contributed by atoms with van der Waals surface area (Å²) in [7, 11) is 0. The highest BCUT2D eigenvalue weighted by atomic mass is 16.5. The van der Waals surface area contributed by atoms with Gasteiger partial charge in [-0.05, 0) is 54.4 Å². The molecule has 2 aliphatic rings. The van der Waals surface area contributed by atoms with Crippen LogP contribution in [-0.2, 0) is 14.3 Å². The Morgan fingerprint density at radius 1 is 0.943 bits per heavy atom. The smallest absolute Gasteiger partial charge is 0.407 e. The molecule has 2 atom stereocenters. The minimum absolute atomic E-state index is 0.00273. The van der Waals surface area contributed by atoms with E-state index in [2.05, 4.69) is 22.8 Å². The summed E-state index contributed by atoms with van der Waals surface area (Å²) in [6.45, 7) is 2.11. The number of rotatable bonds is 9. The normalized spacial score (nSPS) is 17.1. The molecule has 3 N–H and O–H groups in total. The summed E-state index contributed by atoms with van der Waals surface area (Å²) in [6, 6.07) is 15.1. The van der Waals surface area contributed by atoms with Crippen LogP contribution in [0.1, 0.15) is 68.9 Å². The number of alkyl carbamates (subject to hydrolysis) is 1. The van der Waals surface area contributed by atoms with Crippen molar-refractivity contribution in [3.63, 3.8) is 0 Å². The summed E-state index contributed by atoms with van der Waals surface area (Å²) in [6.07, 6.45) is 4.74. The summed E-state index contributed by atoms with van der Waals surface area (Å²) >= 11 is 0. The molecule has 0 heterocycles. The molecule has 0 saturated heterocycles. The van der Waals surface area contributed by atoms with Crippen molar-refractivity contribution in [2.24, 2.45) is 5.92 Å². The number of fused-ring (bicyclic) bond motifs is 3. The predicted octanol–water partition coefficient (Wildman–Crippen LogP) is 4.84. The van der Waals surface area contributed by atoms with E-state index in [0.29, 0.717) is 5.92 Å². The number of ether oxygens (including phenoxy) is 1. The Morgan fingerprint density at radius 2 is 1.54 bits per heavy atom. The van der Waals surface area contributed by atoms with Crippen molar-refractivity contribution in [3.05, 3.63) is 59.7 Å². The van der Waals surface area contributed by atoms with Crippen LogP contribution in [0, 0.1) is 5.92 Å². The lowest BCUT2D eigenvalue weighted by Crippen LogP contribution is -2.51. The summed E-state index contributed by atoms with van der Waals surface area (Å²) in [5.74, 6) is -1.07. The quantitative estimate of drug-likeness (QED) is 0.478. The maximum absolute atomic E-state index is 13.0. The van der Waals surface area contributed by atoms with Gasteiger partial charge in [0.25, 0.3) is 0 Å². The first-order valence-corrected chi connectivity index (χ1v) is 12.6. The number of aliphatic carboxylic acids is 1. The fourth-order valence-corrected chi connectivity index (χ4v) is 5.40. The fourth-order valence-electron chi connectivity index (χ4n) is 5.40. The van der Waals surface area contributed by atoms with Crippen LogP contribution in [0.4, 0.5) is 4.79 Å². The van der Waals surface area contributed by atoms with Crippen LogP contribution >= 0.6 is 0 Å². The van der Waals surface area contributed by atoms with E-state index in [9.17, 15) is 14.4 Å². The van der Waals surface area contributed by atoms with E-state index in [1.54, 1.807) is 0 Å². The van der Waals surface area contributed by atoms with Crippen LogP contribution < -0.4 is 10.6 Å². The van der Waals surface area contributed by atoms with Crippen LogP contribution in [-0.4, -0.2) is 41.8 Å². The van der Waals surface area contributed by atoms with E-state index in [-0.39, 0.29) is 37.3 Å². The number of carboxylic acid groups (broad SMARTS) is 1. The Morgan fingerprint density at radius 3 is 2.14 bits per heavy atom. The van der Waals surface area contributed by atoms with Gasteiger partial charge in [-0.1, -0.05) is 67.8 Å². The molecular weight excluding hydrogens is 444 g/mol. The molecule has 4 rings (SSSR count). The highest BCUT2D eigenvalue weighted by Crippen LogP contribution is 2.44. The molecule has 0 radical (unpaired) electrons. The van der Waals surface area contributed by atoms with Crippen LogP contribution in [0.3, 0.4) is 0 Å². The third kappa shape index (κ3) is 6.02. The van der Waals surface area contributed by atoms with E-state index < -0.39 is 18.1 Å². The average Bonchev–Trinajstić information content (AvgIpc) is 3.19. The number of carboxylic acids is 1. The molecule has 7 nitrogen and oxygen atoms in total. The van der Waals surface area contributed by atoms with Crippen LogP contribution in [0.25, 0.3) is 11.1 Å². The van der Waals surface area contributed by atoms with Gasteiger partial charge in [-0.3, -0.25) is 9.59 Å². The van der Waals surface area contributed by atoms with Gasteiger partial charge < -0.3 is 20.5 Å². The Labute approximate surface area is 206 Å². The van der Waals surface area contributed by atoms with Gasteiger partial charge in [0, 0.05) is 18.4 Å². The van der Waals surface area contributed by atoms with Crippen molar-refractivity contribution < 1.29 is 24.2 Å². The van der Waals surface area contributed by atoms with Crippen LogP contribution in [0.5, 0.6) is 0 Å².